The molecule has 0 spiro atoms. The van der Waals surface area contributed by atoms with Crippen LogP contribution in [0.5, 0.6) is 0 Å². The molecule has 0 aromatic heterocycles. The molecule has 6 heteroatoms. The van der Waals surface area contributed by atoms with Gasteiger partial charge in [-0.05, 0) is 12.8 Å². The van der Waals surface area contributed by atoms with Gasteiger partial charge in [0.25, 0.3) is 0 Å². The fraction of sp³-hybridized carbons (Fsp3) is 0.875. The predicted molar refractivity (Wildman–Crippen MR) is 45.7 cm³/mol. The Morgan fingerprint density at radius 3 is 2.50 bits per heavy atom. The van der Waals surface area contributed by atoms with Gasteiger partial charge in [-0.3, -0.25) is 4.79 Å². The number of hydroxylamine groups is 1. The van der Waals surface area contributed by atoms with Crippen molar-refractivity contribution in [3.63, 3.8) is 0 Å². The highest BCUT2D eigenvalue weighted by molar-refractivity contribution is 5.70. The number of aliphatic hydroxyl groups is 2. The maximum atomic E-state index is 10.7. The second kappa shape index (κ2) is 4.70. The summed E-state index contributed by atoms with van der Waals surface area (Å²) in [6.07, 6.45) is -1.66. The first-order chi connectivity index (χ1) is 6.56. The number of aliphatic carboxylic acids is 1. The molecule has 0 heterocycles. The first kappa shape index (κ1) is 11.4. The van der Waals surface area contributed by atoms with Gasteiger partial charge < -0.3 is 20.5 Å². The van der Waals surface area contributed by atoms with E-state index in [-0.39, 0.29) is 19.4 Å². The quantitative estimate of drug-likeness (QED) is 0.370. The van der Waals surface area contributed by atoms with E-state index in [1.165, 1.54) is 0 Å². The third-order valence-electron chi connectivity index (χ3n) is 2.69. The number of nitrogens with one attached hydrogen (secondary N) is 1. The van der Waals surface area contributed by atoms with Gasteiger partial charge in [-0.1, -0.05) is 0 Å². The zero-order chi connectivity index (χ0) is 10.7. The van der Waals surface area contributed by atoms with Crippen molar-refractivity contribution in [2.75, 3.05) is 6.54 Å². The summed E-state index contributed by atoms with van der Waals surface area (Å²) < 4.78 is 0. The molecule has 0 unspecified atom stereocenters. The molecule has 0 amide bonds. The van der Waals surface area contributed by atoms with Crippen LogP contribution in [0.1, 0.15) is 12.8 Å². The zero-order valence-corrected chi connectivity index (χ0v) is 7.63. The molecule has 0 saturated heterocycles. The molecular formula is C8H15NO5. The smallest absolute Gasteiger partial charge is 0.306 e. The van der Waals surface area contributed by atoms with E-state index in [4.69, 9.17) is 10.3 Å². The van der Waals surface area contributed by atoms with E-state index in [9.17, 15) is 15.0 Å². The SMILES string of the molecule is O=C(O)[C@@H]1C[C@H](CNO)[C@@H](O)[C@H](O)C1. The van der Waals surface area contributed by atoms with Crippen molar-refractivity contribution >= 4 is 5.97 Å². The van der Waals surface area contributed by atoms with Crippen molar-refractivity contribution in [3.8, 4) is 0 Å². The van der Waals surface area contributed by atoms with Crippen LogP contribution in [0.25, 0.3) is 0 Å². The van der Waals surface area contributed by atoms with Crippen molar-refractivity contribution in [2.45, 2.75) is 25.0 Å². The van der Waals surface area contributed by atoms with Crippen LogP contribution in [0.15, 0.2) is 0 Å². The zero-order valence-electron chi connectivity index (χ0n) is 7.63. The van der Waals surface area contributed by atoms with Crippen LogP contribution in [0.3, 0.4) is 0 Å². The van der Waals surface area contributed by atoms with Crippen LogP contribution in [0, 0.1) is 11.8 Å². The van der Waals surface area contributed by atoms with Crippen molar-refractivity contribution < 1.29 is 25.3 Å². The molecule has 0 bridgehead atoms. The minimum Gasteiger partial charge on any atom is -0.481 e. The van der Waals surface area contributed by atoms with E-state index in [0.717, 1.165) is 0 Å². The van der Waals surface area contributed by atoms with Gasteiger partial charge in [0.1, 0.15) is 0 Å². The highest BCUT2D eigenvalue weighted by Gasteiger charge is 2.38. The fourth-order valence-corrected chi connectivity index (χ4v) is 1.87. The molecule has 14 heavy (non-hydrogen) atoms. The van der Waals surface area contributed by atoms with Gasteiger partial charge in [-0.15, -0.1) is 0 Å². The Labute approximate surface area is 81.1 Å². The van der Waals surface area contributed by atoms with Crippen LogP contribution in [-0.2, 0) is 4.79 Å². The second-order valence-corrected chi connectivity index (χ2v) is 3.69. The molecule has 1 fully saturated rings. The number of carboxylic acid groups (broad SMARTS) is 1. The number of aliphatic hydroxyl groups excluding tert-OH is 2. The number of carboxylic acids is 1. The lowest BCUT2D eigenvalue weighted by Crippen LogP contribution is -2.46. The molecule has 1 rings (SSSR count). The van der Waals surface area contributed by atoms with Crippen molar-refractivity contribution in [1.29, 1.82) is 0 Å². The Morgan fingerprint density at radius 1 is 1.36 bits per heavy atom. The topological polar surface area (TPSA) is 110 Å². The summed E-state index contributed by atoms with van der Waals surface area (Å²) in [5.41, 5.74) is 1.88. The summed E-state index contributed by atoms with van der Waals surface area (Å²) in [4.78, 5) is 10.7. The van der Waals surface area contributed by atoms with Crippen LogP contribution < -0.4 is 5.48 Å². The number of hydrogen-bond acceptors (Lipinski definition) is 5. The molecule has 0 aromatic carbocycles. The van der Waals surface area contributed by atoms with E-state index >= 15 is 0 Å². The maximum Gasteiger partial charge on any atom is 0.306 e. The summed E-state index contributed by atoms with van der Waals surface area (Å²) in [7, 11) is 0. The maximum absolute atomic E-state index is 10.7. The number of hydrogen-bond donors (Lipinski definition) is 5. The molecule has 4 atom stereocenters. The summed E-state index contributed by atoms with van der Waals surface area (Å²) in [5, 5.41) is 36.1. The van der Waals surface area contributed by atoms with Gasteiger partial charge in [-0.2, -0.15) is 0 Å². The highest BCUT2D eigenvalue weighted by atomic mass is 16.5. The second-order valence-electron chi connectivity index (χ2n) is 3.69. The van der Waals surface area contributed by atoms with Gasteiger partial charge >= 0.3 is 5.97 Å². The average Bonchev–Trinajstić information content (AvgIpc) is 2.12. The summed E-state index contributed by atoms with van der Waals surface area (Å²) in [6, 6.07) is 0. The van der Waals surface area contributed by atoms with Gasteiger partial charge in [0.15, 0.2) is 0 Å². The lowest BCUT2D eigenvalue weighted by atomic mass is 9.78. The average molecular weight is 205 g/mol. The van der Waals surface area contributed by atoms with Gasteiger partial charge in [0, 0.05) is 12.5 Å². The molecule has 5 N–H and O–H groups in total. The minimum absolute atomic E-state index is 0.0679. The number of rotatable bonds is 3. The fourth-order valence-electron chi connectivity index (χ4n) is 1.87. The molecule has 0 radical (unpaired) electrons. The summed E-state index contributed by atoms with van der Waals surface area (Å²) in [5.74, 6) is -2.05. The summed E-state index contributed by atoms with van der Waals surface area (Å²) in [6.45, 7) is 0.0853. The highest BCUT2D eigenvalue weighted by Crippen LogP contribution is 2.29. The molecule has 1 aliphatic carbocycles. The Bertz CT molecular complexity index is 210. The standard InChI is InChI=1S/C8H15NO5/c10-6-2-4(8(12)13)1-5(3-9-14)7(6)11/h4-7,9-11,14H,1-3H2,(H,12,13)/t4-,5-,6-,7-/m1/s1. The lowest BCUT2D eigenvalue weighted by molar-refractivity contribution is -0.149. The van der Waals surface area contributed by atoms with Crippen molar-refractivity contribution in [1.82, 2.24) is 5.48 Å². The van der Waals surface area contributed by atoms with Crippen LogP contribution >= 0.6 is 0 Å². The summed E-state index contributed by atoms with van der Waals surface area (Å²) >= 11 is 0. The third kappa shape index (κ3) is 2.42. The van der Waals surface area contributed by atoms with Crippen LogP contribution in [0.2, 0.25) is 0 Å². The molecule has 1 saturated carbocycles. The van der Waals surface area contributed by atoms with Gasteiger partial charge in [-0.25, -0.2) is 5.48 Å². The Balaban J connectivity index is 2.61. The van der Waals surface area contributed by atoms with E-state index in [2.05, 4.69) is 0 Å². The normalized spacial score (nSPS) is 38.2. The molecule has 1 aliphatic rings. The van der Waals surface area contributed by atoms with Gasteiger partial charge in [0.05, 0.1) is 18.1 Å². The number of carbonyl (C=O) groups is 1. The molecule has 0 aliphatic heterocycles. The van der Waals surface area contributed by atoms with Gasteiger partial charge in [0.2, 0.25) is 0 Å². The lowest BCUT2D eigenvalue weighted by Gasteiger charge is -2.34. The van der Waals surface area contributed by atoms with Crippen molar-refractivity contribution in [2.24, 2.45) is 11.8 Å². The Hall–Kier alpha value is -0.690. The van der Waals surface area contributed by atoms with E-state index < -0.39 is 30.0 Å². The van der Waals surface area contributed by atoms with Crippen molar-refractivity contribution in [3.05, 3.63) is 0 Å². The first-order valence-electron chi connectivity index (χ1n) is 4.52. The first-order valence-corrected chi connectivity index (χ1v) is 4.52. The monoisotopic (exact) mass is 205 g/mol. The molecule has 6 nitrogen and oxygen atoms in total. The molecule has 82 valence electrons. The molecular weight excluding hydrogens is 190 g/mol. The third-order valence-corrected chi connectivity index (χ3v) is 2.69. The van der Waals surface area contributed by atoms with E-state index in [1.54, 1.807) is 0 Å². The largest absolute Gasteiger partial charge is 0.481 e. The van der Waals surface area contributed by atoms with Crippen LogP contribution in [-0.4, -0.2) is 45.2 Å². The predicted octanol–water partition coefficient (Wildman–Crippen LogP) is -1.20. The Kier molecular flexibility index (Phi) is 3.82. The van der Waals surface area contributed by atoms with E-state index in [1.807, 2.05) is 5.48 Å². The molecule has 0 aromatic rings. The Morgan fingerprint density at radius 2 is 2.00 bits per heavy atom. The van der Waals surface area contributed by atoms with Crippen LogP contribution in [0.4, 0.5) is 0 Å². The van der Waals surface area contributed by atoms with E-state index in [0.29, 0.717) is 0 Å². The minimum atomic E-state index is -1.02.